The molecule has 0 aliphatic rings. The van der Waals surface area contributed by atoms with Crippen molar-refractivity contribution >= 4 is 11.8 Å². The Morgan fingerprint density at radius 1 is 1.22 bits per heavy atom. The lowest BCUT2D eigenvalue weighted by Crippen LogP contribution is -2.43. The number of nitrogens with zero attached hydrogens (tertiary/aromatic N) is 2. The molecule has 2 aromatic rings. The van der Waals surface area contributed by atoms with E-state index >= 15 is 0 Å². The summed E-state index contributed by atoms with van der Waals surface area (Å²) in [4.78, 5) is 24.0. The van der Waals surface area contributed by atoms with Gasteiger partial charge < -0.3 is 5.32 Å². The second kappa shape index (κ2) is 6.62. The van der Waals surface area contributed by atoms with Crippen LogP contribution in [0.5, 0.6) is 0 Å². The van der Waals surface area contributed by atoms with E-state index in [9.17, 15) is 9.59 Å². The lowest BCUT2D eigenvalue weighted by atomic mass is 9.94. The van der Waals surface area contributed by atoms with Crippen LogP contribution in [0.15, 0.2) is 42.7 Å². The van der Waals surface area contributed by atoms with Gasteiger partial charge >= 0.3 is 0 Å². The van der Waals surface area contributed by atoms with Gasteiger partial charge in [0.2, 0.25) is 5.91 Å². The fourth-order valence-corrected chi connectivity index (χ4v) is 1.95. The van der Waals surface area contributed by atoms with Crippen LogP contribution in [0.3, 0.4) is 0 Å². The van der Waals surface area contributed by atoms with Crippen molar-refractivity contribution in [3.05, 3.63) is 48.3 Å². The van der Waals surface area contributed by atoms with Crippen LogP contribution in [0.25, 0.3) is 5.69 Å². The highest BCUT2D eigenvalue weighted by Crippen LogP contribution is 2.20. The van der Waals surface area contributed by atoms with Gasteiger partial charge in [-0.05, 0) is 23.8 Å². The highest BCUT2D eigenvalue weighted by atomic mass is 16.5. The van der Waals surface area contributed by atoms with Gasteiger partial charge in [0.05, 0.1) is 5.69 Å². The maximum absolute atomic E-state index is 12.1. The molecule has 0 unspecified atom stereocenters. The third kappa shape index (κ3) is 3.95. The number of aromatic nitrogens is 2. The highest BCUT2D eigenvalue weighted by Gasteiger charge is 2.28. The Hall–Kier alpha value is -2.67. The van der Waals surface area contributed by atoms with Gasteiger partial charge in [-0.25, -0.2) is 10.2 Å². The Bertz CT molecular complexity index is 672. The summed E-state index contributed by atoms with van der Waals surface area (Å²) in [6.07, 6.45) is 3.47. The Balaban J connectivity index is 2.25. The molecular formula is C16H20N4O3. The maximum atomic E-state index is 12.1. The SMILES string of the molecule is CC(C)(C)C(=O)N[C@@H](C(=O)NO)c1ccc(-n2cccn2)cc1. The van der Waals surface area contributed by atoms with E-state index in [1.54, 1.807) is 73.7 Å². The molecule has 122 valence electrons. The lowest BCUT2D eigenvalue weighted by Gasteiger charge is -2.23. The molecule has 2 rings (SSSR count). The number of hydrogen-bond donors (Lipinski definition) is 3. The van der Waals surface area contributed by atoms with Crippen LogP contribution in [0, 0.1) is 5.41 Å². The Kier molecular flexibility index (Phi) is 4.80. The van der Waals surface area contributed by atoms with Crippen molar-refractivity contribution in [1.29, 1.82) is 0 Å². The fraction of sp³-hybridized carbons (Fsp3) is 0.312. The van der Waals surface area contributed by atoms with Crippen molar-refractivity contribution in [1.82, 2.24) is 20.6 Å². The minimum atomic E-state index is -0.974. The van der Waals surface area contributed by atoms with Gasteiger partial charge in [-0.1, -0.05) is 32.9 Å². The highest BCUT2D eigenvalue weighted by molar-refractivity contribution is 5.90. The number of hydroxylamine groups is 1. The van der Waals surface area contributed by atoms with E-state index in [4.69, 9.17) is 5.21 Å². The van der Waals surface area contributed by atoms with Crippen LogP contribution in [0.2, 0.25) is 0 Å². The van der Waals surface area contributed by atoms with Crippen LogP contribution < -0.4 is 10.8 Å². The van der Waals surface area contributed by atoms with Crippen LogP contribution in [-0.2, 0) is 9.59 Å². The first-order valence-electron chi connectivity index (χ1n) is 7.18. The van der Waals surface area contributed by atoms with Crippen molar-refractivity contribution in [2.45, 2.75) is 26.8 Å². The Morgan fingerprint density at radius 3 is 2.35 bits per heavy atom. The predicted molar refractivity (Wildman–Crippen MR) is 83.8 cm³/mol. The zero-order chi connectivity index (χ0) is 17.0. The molecule has 0 fully saturated rings. The summed E-state index contributed by atoms with van der Waals surface area (Å²) in [5, 5.41) is 15.7. The Morgan fingerprint density at radius 2 is 1.87 bits per heavy atom. The summed E-state index contributed by atoms with van der Waals surface area (Å²) in [6.45, 7) is 5.24. The average molecular weight is 316 g/mol. The van der Waals surface area contributed by atoms with E-state index < -0.39 is 17.4 Å². The molecule has 3 N–H and O–H groups in total. The van der Waals surface area contributed by atoms with Gasteiger partial charge in [0.15, 0.2) is 0 Å². The number of benzene rings is 1. The third-order valence-electron chi connectivity index (χ3n) is 3.32. The zero-order valence-electron chi connectivity index (χ0n) is 13.3. The van der Waals surface area contributed by atoms with Gasteiger partial charge in [0.25, 0.3) is 5.91 Å². The topological polar surface area (TPSA) is 96.3 Å². The third-order valence-corrected chi connectivity index (χ3v) is 3.32. The molecular weight excluding hydrogens is 296 g/mol. The predicted octanol–water partition coefficient (Wildman–Crippen LogP) is 1.58. The van der Waals surface area contributed by atoms with E-state index in [0.717, 1.165) is 5.69 Å². The van der Waals surface area contributed by atoms with E-state index in [-0.39, 0.29) is 5.91 Å². The molecule has 23 heavy (non-hydrogen) atoms. The van der Waals surface area contributed by atoms with Crippen molar-refractivity contribution < 1.29 is 14.8 Å². The summed E-state index contributed by atoms with van der Waals surface area (Å²) < 4.78 is 1.68. The molecule has 1 atom stereocenters. The van der Waals surface area contributed by atoms with Gasteiger partial charge in [-0.2, -0.15) is 5.10 Å². The molecule has 0 aliphatic carbocycles. The molecule has 1 aromatic carbocycles. The normalized spacial score (nSPS) is 12.5. The van der Waals surface area contributed by atoms with Crippen molar-refractivity contribution in [3.63, 3.8) is 0 Å². The first-order valence-corrected chi connectivity index (χ1v) is 7.18. The standard InChI is InChI=1S/C16H20N4O3/c1-16(2,3)15(22)18-13(14(21)19-23)11-5-7-12(8-6-11)20-10-4-9-17-20/h4-10,13,23H,1-3H3,(H,18,22)(H,19,21)/t13-/m1/s1. The summed E-state index contributed by atoms with van der Waals surface area (Å²) >= 11 is 0. The number of carbonyl (C=O) groups is 2. The number of amides is 2. The smallest absolute Gasteiger partial charge is 0.270 e. The lowest BCUT2D eigenvalue weighted by molar-refractivity contribution is -0.137. The van der Waals surface area contributed by atoms with Gasteiger partial charge in [0.1, 0.15) is 6.04 Å². The van der Waals surface area contributed by atoms with E-state index in [0.29, 0.717) is 5.56 Å². The summed E-state index contributed by atoms with van der Waals surface area (Å²) in [5.74, 6) is -0.989. The number of nitrogens with one attached hydrogen (secondary N) is 2. The molecule has 1 aromatic heterocycles. The van der Waals surface area contributed by atoms with Crippen LogP contribution in [-0.4, -0.2) is 26.8 Å². The summed E-state index contributed by atoms with van der Waals surface area (Å²) in [5.41, 5.74) is 2.32. The van der Waals surface area contributed by atoms with Crippen LogP contribution >= 0.6 is 0 Å². The first kappa shape index (κ1) is 16.7. The monoisotopic (exact) mass is 316 g/mol. The second-order valence-electron chi connectivity index (χ2n) is 6.17. The van der Waals surface area contributed by atoms with Crippen molar-refractivity contribution in [2.24, 2.45) is 5.41 Å². The van der Waals surface area contributed by atoms with E-state index in [1.165, 1.54) is 0 Å². The van der Waals surface area contributed by atoms with E-state index in [2.05, 4.69) is 10.4 Å². The van der Waals surface area contributed by atoms with E-state index in [1.807, 2.05) is 0 Å². The molecule has 0 bridgehead atoms. The fourth-order valence-electron chi connectivity index (χ4n) is 1.95. The molecule has 2 amide bonds. The molecule has 7 heteroatoms. The minimum Gasteiger partial charge on any atom is -0.340 e. The largest absolute Gasteiger partial charge is 0.340 e. The number of rotatable bonds is 4. The summed E-state index contributed by atoms with van der Waals surface area (Å²) in [6, 6.07) is 7.81. The molecule has 0 radical (unpaired) electrons. The van der Waals surface area contributed by atoms with Crippen LogP contribution in [0.4, 0.5) is 0 Å². The molecule has 0 saturated heterocycles. The number of carbonyl (C=O) groups excluding carboxylic acids is 2. The Labute approximate surface area is 134 Å². The first-order chi connectivity index (χ1) is 10.8. The molecule has 0 saturated carbocycles. The second-order valence-corrected chi connectivity index (χ2v) is 6.17. The molecule has 0 aliphatic heterocycles. The van der Waals surface area contributed by atoms with Gasteiger partial charge in [-0.3, -0.25) is 14.8 Å². The average Bonchev–Trinajstić information content (AvgIpc) is 3.05. The molecule has 0 spiro atoms. The van der Waals surface area contributed by atoms with Gasteiger partial charge in [-0.15, -0.1) is 0 Å². The minimum absolute atomic E-state index is 0.290. The van der Waals surface area contributed by atoms with Crippen molar-refractivity contribution in [2.75, 3.05) is 0 Å². The maximum Gasteiger partial charge on any atom is 0.270 e. The molecule has 7 nitrogen and oxygen atoms in total. The summed E-state index contributed by atoms with van der Waals surface area (Å²) in [7, 11) is 0. The zero-order valence-corrected chi connectivity index (χ0v) is 13.3. The number of hydrogen-bond acceptors (Lipinski definition) is 4. The van der Waals surface area contributed by atoms with Crippen molar-refractivity contribution in [3.8, 4) is 5.69 Å². The molecule has 1 heterocycles. The van der Waals surface area contributed by atoms with Crippen LogP contribution in [0.1, 0.15) is 32.4 Å². The van der Waals surface area contributed by atoms with Gasteiger partial charge in [0, 0.05) is 17.8 Å². The quantitative estimate of drug-likeness (QED) is 0.589.